The summed E-state index contributed by atoms with van der Waals surface area (Å²) in [4.78, 5) is 30.9. The van der Waals surface area contributed by atoms with E-state index >= 15 is 0 Å². The van der Waals surface area contributed by atoms with E-state index in [1.807, 2.05) is 26.6 Å². The lowest BCUT2D eigenvalue weighted by Gasteiger charge is -2.24. The zero-order valence-corrected chi connectivity index (χ0v) is 21.4. The molecule has 1 N–H and O–H groups in total. The molecule has 0 saturated heterocycles. The van der Waals surface area contributed by atoms with E-state index in [0.717, 1.165) is 0 Å². The van der Waals surface area contributed by atoms with Crippen molar-refractivity contribution in [1.29, 1.82) is 0 Å². The van der Waals surface area contributed by atoms with Crippen LogP contribution in [0, 0.1) is 0 Å². The first-order valence-corrected chi connectivity index (χ1v) is 15.1. The molecule has 0 radical (unpaired) electrons. The Balaban J connectivity index is 2.07. The summed E-state index contributed by atoms with van der Waals surface area (Å²) < 4.78 is 47.0. The van der Waals surface area contributed by atoms with E-state index in [9.17, 15) is 27.9 Å². The lowest BCUT2D eigenvalue weighted by molar-refractivity contribution is -0.139. The molecule has 0 spiro atoms. The highest BCUT2D eigenvalue weighted by Gasteiger charge is 2.31. The Kier molecular flexibility index (Phi) is 6.41. The number of ether oxygens (including phenoxy) is 1. The van der Waals surface area contributed by atoms with Crippen molar-refractivity contribution in [2.24, 2.45) is 0 Å². The summed E-state index contributed by atoms with van der Waals surface area (Å²) in [6.07, 6.45) is -4.57. The number of alkyl halides is 3. The number of benzene rings is 2. The maximum absolute atomic E-state index is 13.7. The minimum atomic E-state index is -4.57. The molecule has 4 rings (SSSR count). The number of rotatable bonds is 6. The molecule has 0 aliphatic rings. The van der Waals surface area contributed by atoms with Crippen LogP contribution >= 0.6 is 11.5 Å². The summed E-state index contributed by atoms with van der Waals surface area (Å²) in [6, 6.07) is 7.91. The van der Waals surface area contributed by atoms with Crippen molar-refractivity contribution in [3.05, 3.63) is 56.6 Å². The van der Waals surface area contributed by atoms with E-state index in [4.69, 9.17) is 4.74 Å². The fraction of sp³-hybridized carbons (Fsp3) is 0.348. The Hall–Kier alpha value is -2.96. The number of aromatic hydroxyl groups is 1. The smallest absolute Gasteiger partial charge is 0.407 e. The molecule has 2 aromatic heterocycles. The molecule has 0 bridgehead atoms. The molecule has 7 nitrogen and oxygen atoms in total. The lowest BCUT2D eigenvalue weighted by Crippen LogP contribution is -2.42. The minimum Gasteiger partial charge on any atom is -0.505 e. The van der Waals surface area contributed by atoms with Crippen LogP contribution < -0.4 is 11.1 Å². The molecule has 0 fully saturated rings. The molecule has 0 amide bonds. The lowest BCUT2D eigenvalue weighted by atomic mass is 10.1. The predicted molar refractivity (Wildman–Crippen MR) is 133 cm³/mol. The van der Waals surface area contributed by atoms with Gasteiger partial charge >= 0.3 is 6.18 Å². The third-order valence-corrected chi connectivity index (χ3v) is 8.39. The van der Waals surface area contributed by atoms with Gasteiger partial charge < -0.3 is 14.1 Å². The highest BCUT2D eigenvalue weighted by molar-refractivity contribution is 7.14. The van der Waals surface area contributed by atoms with Crippen molar-refractivity contribution in [3.63, 3.8) is 0 Å². The summed E-state index contributed by atoms with van der Waals surface area (Å²) in [6.45, 7) is 6.88. The third-order valence-electron chi connectivity index (χ3n) is 5.47. The Morgan fingerprint density at radius 2 is 1.83 bits per heavy atom. The van der Waals surface area contributed by atoms with E-state index < -0.39 is 32.1 Å². The first-order chi connectivity index (χ1) is 16.3. The average Bonchev–Trinajstić information content (AvgIpc) is 3.06. The summed E-state index contributed by atoms with van der Waals surface area (Å²) in [7, 11) is -2.37. The first kappa shape index (κ1) is 25.1. The van der Waals surface area contributed by atoms with Crippen LogP contribution in [0.15, 0.2) is 39.9 Å². The monoisotopic (exact) mass is 523 g/mol. The fourth-order valence-electron chi connectivity index (χ4n) is 3.99. The maximum Gasteiger partial charge on any atom is 0.407 e. The Labute approximate surface area is 203 Å². The van der Waals surface area contributed by atoms with Crippen molar-refractivity contribution in [2.75, 3.05) is 6.61 Å². The minimum absolute atomic E-state index is 0.0326. The number of hydrogen-bond acceptors (Lipinski definition) is 6. The Morgan fingerprint density at radius 1 is 1.11 bits per heavy atom. The van der Waals surface area contributed by atoms with Crippen LogP contribution in [0.3, 0.4) is 0 Å². The van der Waals surface area contributed by atoms with Crippen molar-refractivity contribution in [3.8, 4) is 17.0 Å². The van der Waals surface area contributed by atoms with Crippen LogP contribution in [0.25, 0.3) is 32.4 Å². The Morgan fingerprint density at radius 3 is 2.46 bits per heavy atom. The quantitative estimate of drug-likeness (QED) is 0.362. The third kappa shape index (κ3) is 4.65. The number of aromatic nitrogens is 3. The van der Waals surface area contributed by atoms with Gasteiger partial charge in [-0.2, -0.15) is 13.2 Å². The molecular weight excluding hydrogens is 499 g/mol. The fourth-order valence-corrected chi connectivity index (χ4v) is 6.74. The van der Waals surface area contributed by atoms with Gasteiger partial charge in [0.1, 0.15) is 23.5 Å². The van der Waals surface area contributed by atoms with E-state index in [0.29, 0.717) is 33.2 Å². The van der Waals surface area contributed by atoms with Gasteiger partial charge in [0.05, 0.1) is 22.2 Å². The van der Waals surface area contributed by atoms with E-state index in [2.05, 4.69) is 4.98 Å². The highest BCUT2D eigenvalue weighted by atomic mass is 32.1. The zero-order chi connectivity index (χ0) is 25.7. The summed E-state index contributed by atoms with van der Waals surface area (Å²) in [5, 5.41) is 11.1. The van der Waals surface area contributed by atoms with Crippen LogP contribution in [0.5, 0.6) is 5.75 Å². The van der Waals surface area contributed by atoms with Crippen molar-refractivity contribution in [2.45, 2.75) is 45.9 Å². The van der Waals surface area contributed by atoms with Gasteiger partial charge in [0.2, 0.25) is 0 Å². The average molecular weight is 524 g/mol. The van der Waals surface area contributed by atoms with Gasteiger partial charge in [0.25, 0.3) is 11.1 Å². The van der Waals surface area contributed by atoms with Gasteiger partial charge in [-0.25, -0.2) is 4.98 Å². The standard InChI is InChI=1S/C23H24F3N3O4SSi/c1-5-33-11-13-9-10-16-18(19(13)30)27-17(22(32)29(16)35(2,3)4)14-7-6-8-15-20(14)34-28(21(15)31)12-23(24,25)26/h6-10,30H,5,11-12H2,1-4H3. The number of hydrogen-bond donors (Lipinski definition) is 1. The molecule has 4 aromatic rings. The molecule has 186 valence electrons. The second kappa shape index (κ2) is 8.92. The van der Waals surface area contributed by atoms with Crippen LogP contribution in [-0.4, -0.2) is 39.3 Å². The van der Waals surface area contributed by atoms with Crippen LogP contribution in [0.4, 0.5) is 13.2 Å². The van der Waals surface area contributed by atoms with Crippen LogP contribution in [0.1, 0.15) is 12.5 Å². The highest BCUT2D eigenvalue weighted by Crippen LogP contribution is 2.33. The molecule has 0 unspecified atom stereocenters. The summed E-state index contributed by atoms with van der Waals surface area (Å²) in [5.41, 5.74) is 0.164. The van der Waals surface area contributed by atoms with Crippen molar-refractivity contribution >= 4 is 40.9 Å². The van der Waals surface area contributed by atoms with Gasteiger partial charge in [-0.05, 0) is 19.1 Å². The van der Waals surface area contributed by atoms with E-state index in [1.54, 1.807) is 22.4 Å². The number of halogens is 3. The second-order valence-electron chi connectivity index (χ2n) is 9.08. The SMILES string of the molecule is CCOCc1ccc2c(nc(-c3cccc4c(=O)n(CC(F)(F)F)sc34)c(=O)n2[Si](C)(C)C)c1O. The van der Waals surface area contributed by atoms with Crippen LogP contribution in [-0.2, 0) is 17.9 Å². The molecule has 2 aromatic carbocycles. The molecule has 0 saturated carbocycles. The molecule has 2 heterocycles. The predicted octanol–water partition coefficient (Wildman–Crippen LogP) is 4.93. The van der Waals surface area contributed by atoms with E-state index in [-0.39, 0.29) is 39.2 Å². The molecule has 0 aliphatic carbocycles. The van der Waals surface area contributed by atoms with Gasteiger partial charge in [-0.15, -0.1) is 0 Å². The first-order valence-electron chi connectivity index (χ1n) is 10.9. The maximum atomic E-state index is 13.7. The molecule has 35 heavy (non-hydrogen) atoms. The summed E-state index contributed by atoms with van der Waals surface area (Å²) >= 11 is 0.643. The van der Waals surface area contributed by atoms with Gasteiger partial charge in [0.15, 0.2) is 8.24 Å². The van der Waals surface area contributed by atoms with Gasteiger partial charge in [-0.3, -0.25) is 13.5 Å². The van der Waals surface area contributed by atoms with Gasteiger partial charge in [0, 0.05) is 17.7 Å². The summed E-state index contributed by atoms with van der Waals surface area (Å²) in [5.74, 6) is -0.126. The van der Waals surface area contributed by atoms with Gasteiger partial charge in [-0.1, -0.05) is 49.4 Å². The second-order valence-corrected chi connectivity index (χ2v) is 14.9. The molecular formula is C23H24F3N3O4SSi. The molecule has 12 heteroatoms. The number of phenols is 1. The number of nitrogens with zero attached hydrogens (tertiary/aromatic N) is 3. The topological polar surface area (TPSA) is 86.4 Å². The van der Waals surface area contributed by atoms with E-state index in [1.165, 1.54) is 12.1 Å². The zero-order valence-electron chi connectivity index (χ0n) is 19.6. The number of fused-ring (bicyclic) bond motifs is 2. The number of phenolic OH excluding ortho intramolecular Hbond substituents is 1. The van der Waals surface area contributed by atoms with Crippen molar-refractivity contribution < 1.29 is 23.0 Å². The largest absolute Gasteiger partial charge is 0.505 e. The molecule has 0 aliphatic heterocycles. The normalized spacial score (nSPS) is 12.7. The van der Waals surface area contributed by atoms with Crippen LogP contribution in [0.2, 0.25) is 19.6 Å². The van der Waals surface area contributed by atoms with Crippen molar-refractivity contribution in [1.82, 2.24) is 13.2 Å². The molecule has 0 atom stereocenters. The Bertz CT molecular complexity index is 1550.